The highest BCUT2D eigenvalue weighted by molar-refractivity contribution is 8.02. The number of carbonyl (C=O) groups is 3. The molecule has 2 unspecified atom stereocenters. The fraction of sp³-hybridized carbons (Fsp3) is 0.667. The molecule has 3 N–H and O–H groups in total. The second-order valence-electron chi connectivity index (χ2n) is 10.4. The third kappa shape index (κ3) is 4.37. The Hall–Kier alpha value is -2.06. The summed E-state index contributed by atoms with van der Waals surface area (Å²) in [6.07, 6.45) is 5.28. The number of nitrogens with one attached hydrogen (secondary N) is 2. The summed E-state index contributed by atoms with van der Waals surface area (Å²) in [6.45, 7) is 7.04. The van der Waals surface area contributed by atoms with Crippen molar-refractivity contribution in [3.63, 3.8) is 0 Å². The minimum absolute atomic E-state index is 0.0917. The molecule has 4 rings (SSSR count). The van der Waals surface area contributed by atoms with Crippen LogP contribution < -0.4 is 10.6 Å². The van der Waals surface area contributed by atoms with Gasteiger partial charge in [-0.15, -0.1) is 11.8 Å². The molecule has 3 aliphatic rings. The van der Waals surface area contributed by atoms with E-state index in [1.807, 2.05) is 37.3 Å². The normalized spacial score (nSPS) is 31.9. The molecule has 3 saturated heterocycles. The van der Waals surface area contributed by atoms with Gasteiger partial charge in [0.1, 0.15) is 6.04 Å². The average molecular weight is 502 g/mol. The molecule has 1 aromatic rings. The third-order valence-electron chi connectivity index (χ3n) is 8.07. The van der Waals surface area contributed by atoms with Crippen molar-refractivity contribution in [1.82, 2.24) is 15.5 Å². The zero-order valence-corrected chi connectivity index (χ0v) is 21.9. The van der Waals surface area contributed by atoms with Gasteiger partial charge < -0.3 is 20.6 Å². The quantitative estimate of drug-likeness (QED) is 0.405. The molecule has 1 aromatic carbocycles. The van der Waals surface area contributed by atoms with Crippen molar-refractivity contribution in [1.29, 1.82) is 0 Å². The van der Waals surface area contributed by atoms with Crippen molar-refractivity contribution in [2.24, 2.45) is 11.8 Å². The smallest absolute Gasteiger partial charge is 0.244 e. The number of aliphatic hydroxyl groups is 1. The van der Waals surface area contributed by atoms with Gasteiger partial charge in [0.25, 0.3) is 0 Å². The van der Waals surface area contributed by atoms with Gasteiger partial charge in [0.05, 0.1) is 29.2 Å². The lowest BCUT2D eigenvalue weighted by Crippen LogP contribution is -2.54. The largest absolute Gasteiger partial charge is 0.394 e. The molecule has 3 amide bonds. The summed E-state index contributed by atoms with van der Waals surface area (Å²) >= 11 is 1.67. The number of benzene rings is 1. The predicted octanol–water partition coefficient (Wildman–Crippen LogP) is 3.03. The minimum Gasteiger partial charge on any atom is -0.394 e. The predicted molar refractivity (Wildman–Crippen MR) is 138 cm³/mol. The van der Waals surface area contributed by atoms with Crippen molar-refractivity contribution >= 4 is 29.5 Å². The number of thioether (sulfide) groups is 1. The van der Waals surface area contributed by atoms with Gasteiger partial charge in [-0.3, -0.25) is 14.4 Å². The number of carbonyl (C=O) groups excluding carboxylic acids is 3. The number of nitrogens with zero attached hydrogens (tertiary/aromatic N) is 1. The van der Waals surface area contributed by atoms with Gasteiger partial charge in [-0.2, -0.15) is 0 Å². The molecule has 1 spiro atoms. The molecule has 35 heavy (non-hydrogen) atoms. The summed E-state index contributed by atoms with van der Waals surface area (Å²) in [5.74, 6) is -1.51. The molecule has 2 bridgehead atoms. The lowest BCUT2D eigenvalue weighted by molar-refractivity contribution is -0.143. The van der Waals surface area contributed by atoms with Gasteiger partial charge in [-0.25, -0.2) is 0 Å². The summed E-state index contributed by atoms with van der Waals surface area (Å²) in [5.41, 5.74) is 0.793. The van der Waals surface area contributed by atoms with Crippen LogP contribution in [0.5, 0.6) is 0 Å². The Kier molecular flexibility index (Phi) is 7.81. The van der Waals surface area contributed by atoms with Gasteiger partial charge in [-0.1, -0.05) is 57.0 Å². The minimum atomic E-state index is -0.727. The molecule has 3 heterocycles. The van der Waals surface area contributed by atoms with Crippen LogP contribution in [0.25, 0.3) is 0 Å². The molecular weight excluding hydrogens is 462 g/mol. The Morgan fingerprint density at radius 1 is 1.09 bits per heavy atom. The number of fused-ring (bicyclic) bond motifs is 1. The molecule has 3 aliphatic heterocycles. The van der Waals surface area contributed by atoms with Crippen molar-refractivity contribution in [2.75, 3.05) is 19.7 Å². The third-order valence-corrected chi connectivity index (χ3v) is 10.1. The van der Waals surface area contributed by atoms with E-state index in [9.17, 15) is 19.5 Å². The van der Waals surface area contributed by atoms with Gasteiger partial charge >= 0.3 is 0 Å². The zero-order valence-electron chi connectivity index (χ0n) is 21.1. The highest BCUT2D eigenvalue weighted by atomic mass is 32.2. The number of unbranched alkanes of at least 4 members (excludes halogenated alkanes) is 2. The lowest BCUT2D eigenvalue weighted by atomic mass is 9.66. The number of likely N-dealkylation sites (tertiary alicyclic amines) is 1. The van der Waals surface area contributed by atoms with E-state index < -0.39 is 28.7 Å². The highest BCUT2D eigenvalue weighted by Gasteiger charge is 2.77. The van der Waals surface area contributed by atoms with Crippen LogP contribution in [0.15, 0.2) is 30.3 Å². The average Bonchev–Trinajstić information content (AvgIpc) is 3.42. The van der Waals surface area contributed by atoms with E-state index in [-0.39, 0.29) is 29.1 Å². The molecule has 0 saturated carbocycles. The lowest BCUT2D eigenvalue weighted by Gasteiger charge is -2.37. The first kappa shape index (κ1) is 26.0. The van der Waals surface area contributed by atoms with E-state index in [0.717, 1.165) is 37.7 Å². The maximum Gasteiger partial charge on any atom is 0.244 e. The summed E-state index contributed by atoms with van der Waals surface area (Å²) in [4.78, 5) is 43.0. The molecule has 3 fully saturated rings. The Morgan fingerprint density at radius 3 is 2.46 bits per heavy atom. The SMILES string of the molecule is CCCCCNC(=O)C1N([C@H](CO)c2ccccc2)C(=O)[C@@H]2[C@H](C(=O)NCCC)[C@]3(C)CCC12S3. The first-order chi connectivity index (χ1) is 16.8. The molecule has 6 atom stereocenters. The van der Waals surface area contributed by atoms with Crippen LogP contribution in [-0.4, -0.2) is 63.0 Å². The Labute approximate surface area is 212 Å². The second-order valence-corrected chi connectivity index (χ2v) is 12.3. The first-order valence-electron chi connectivity index (χ1n) is 13.1. The highest BCUT2D eigenvalue weighted by Crippen LogP contribution is 2.71. The summed E-state index contributed by atoms with van der Waals surface area (Å²) in [7, 11) is 0. The Morgan fingerprint density at radius 2 is 1.80 bits per heavy atom. The van der Waals surface area contributed by atoms with E-state index in [1.54, 1.807) is 16.7 Å². The molecule has 0 radical (unpaired) electrons. The van der Waals surface area contributed by atoms with Crippen molar-refractivity contribution in [3.05, 3.63) is 35.9 Å². The number of hydrogen-bond donors (Lipinski definition) is 3. The number of rotatable bonds is 11. The van der Waals surface area contributed by atoms with Crippen LogP contribution in [0.2, 0.25) is 0 Å². The molecule has 0 aliphatic carbocycles. The molecule has 8 heteroatoms. The summed E-state index contributed by atoms with van der Waals surface area (Å²) < 4.78 is -1.05. The topological polar surface area (TPSA) is 98.7 Å². The van der Waals surface area contributed by atoms with Crippen LogP contribution in [0.4, 0.5) is 0 Å². The number of aliphatic hydroxyl groups excluding tert-OH is 1. The summed E-state index contributed by atoms with van der Waals surface area (Å²) in [6, 6.07) is 8.04. The van der Waals surface area contributed by atoms with Crippen LogP contribution >= 0.6 is 11.8 Å². The maximum atomic E-state index is 14.2. The number of amides is 3. The van der Waals surface area contributed by atoms with Crippen molar-refractivity contribution in [2.45, 2.75) is 80.9 Å². The summed E-state index contributed by atoms with van der Waals surface area (Å²) in [5, 5.41) is 16.6. The van der Waals surface area contributed by atoms with E-state index in [2.05, 4.69) is 24.5 Å². The van der Waals surface area contributed by atoms with Gasteiger partial charge in [-0.05, 0) is 38.2 Å². The van der Waals surface area contributed by atoms with Crippen molar-refractivity contribution < 1.29 is 19.5 Å². The Bertz CT molecular complexity index is 944. The monoisotopic (exact) mass is 501 g/mol. The van der Waals surface area contributed by atoms with Crippen LogP contribution in [-0.2, 0) is 14.4 Å². The first-order valence-corrected chi connectivity index (χ1v) is 13.9. The van der Waals surface area contributed by atoms with E-state index >= 15 is 0 Å². The number of hydrogen-bond acceptors (Lipinski definition) is 5. The molecule has 192 valence electrons. The van der Waals surface area contributed by atoms with Crippen LogP contribution in [0, 0.1) is 11.8 Å². The van der Waals surface area contributed by atoms with Gasteiger partial charge in [0, 0.05) is 17.8 Å². The fourth-order valence-corrected chi connectivity index (χ4v) is 8.81. The molecule has 0 aromatic heterocycles. The van der Waals surface area contributed by atoms with Crippen LogP contribution in [0.3, 0.4) is 0 Å². The fourth-order valence-electron chi connectivity index (χ4n) is 6.47. The standard InChI is InChI=1S/C27H39N3O4S/c1-4-6-10-16-29-24(33)22-27-14-13-26(3,35-27)20(23(32)28-15-5-2)21(27)25(34)30(22)19(17-31)18-11-8-7-9-12-18/h7-9,11-12,19-22,31H,4-6,10,13-17H2,1-3H3,(H,28,32)(H,29,33)/t19-,20-,21+,22?,26+,27?/m1/s1. The van der Waals surface area contributed by atoms with Crippen LogP contribution in [0.1, 0.15) is 70.9 Å². The molecular formula is C27H39N3O4S. The van der Waals surface area contributed by atoms with E-state index in [0.29, 0.717) is 19.5 Å². The second kappa shape index (κ2) is 10.5. The van der Waals surface area contributed by atoms with E-state index in [4.69, 9.17) is 0 Å². The van der Waals surface area contributed by atoms with Gasteiger partial charge in [0.15, 0.2) is 0 Å². The van der Waals surface area contributed by atoms with Gasteiger partial charge in [0.2, 0.25) is 17.7 Å². The van der Waals surface area contributed by atoms with Crippen molar-refractivity contribution in [3.8, 4) is 0 Å². The Balaban J connectivity index is 1.74. The molecule has 7 nitrogen and oxygen atoms in total. The maximum absolute atomic E-state index is 14.2. The zero-order chi connectivity index (χ0) is 25.2. The van der Waals surface area contributed by atoms with E-state index in [1.165, 1.54) is 0 Å².